The van der Waals surface area contributed by atoms with Crippen LogP contribution in [0.25, 0.3) is 0 Å². The van der Waals surface area contributed by atoms with E-state index in [4.69, 9.17) is 27.9 Å². The molecule has 0 bridgehead atoms. The molecule has 0 aromatic heterocycles. The lowest BCUT2D eigenvalue weighted by Gasteiger charge is -2.31. The molecule has 4 nitrogen and oxygen atoms in total. The lowest BCUT2D eigenvalue weighted by atomic mass is 9.93. The van der Waals surface area contributed by atoms with E-state index in [-0.39, 0.29) is 12.0 Å². The number of nitrogens with one attached hydrogen (secondary N) is 1. The molecule has 0 amide bonds. The summed E-state index contributed by atoms with van der Waals surface area (Å²) in [7, 11) is -3.33. The molecule has 1 aliphatic carbocycles. The summed E-state index contributed by atoms with van der Waals surface area (Å²) >= 11 is 12.4. The highest BCUT2D eigenvalue weighted by Gasteiger charge is 2.39. The fraction of sp³-hybridized carbons (Fsp3) is 0.600. The third kappa shape index (κ3) is 3.77. The number of ether oxygens (including phenoxy) is 1. The van der Waals surface area contributed by atoms with E-state index in [2.05, 4.69) is 4.72 Å². The lowest BCUT2D eigenvalue weighted by molar-refractivity contribution is 0.0570. The zero-order chi connectivity index (χ0) is 15.7. The van der Waals surface area contributed by atoms with Crippen molar-refractivity contribution in [1.82, 2.24) is 4.72 Å². The summed E-state index contributed by atoms with van der Waals surface area (Å²) in [6.45, 7) is 0.890. The Hall–Kier alpha value is -0.330. The highest BCUT2D eigenvalue weighted by Crippen LogP contribution is 2.32. The predicted molar refractivity (Wildman–Crippen MR) is 88.0 cm³/mol. The van der Waals surface area contributed by atoms with Crippen molar-refractivity contribution >= 4 is 33.2 Å². The van der Waals surface area contributed by atoms with E-state index in [1.165, 1.54) is 0 Å². The van der Waals surface area contributed by atoms with Gasteiger partial charge in [0, 0.05) is 28.6 Å². The lowest BCUT2D eigenvalue weighted by Crippen LogP contribution is -2.45. The number of sulfonamides is 1. The first-order valence-electron chi connectivity index (χ1n) is 7.49. The first-order chi connectivity index (χ1) is 10.5. The summed E-state index contributed by atoms with van der Waals surface area (Å²) in [5, 5.41) is 0.697. The summed E-state index contributed by atoms with van der Waals surface area (Å²) in [5.74, 6) is -0.137. The van der Waals surface area contributed by atoms with Crippen molar-refractivity contribution < 1.29 is 13.2 Å². The molecule has 2 unspecified atom stereocenters. The molecule has 3 rings (SSSR count). The molecule has 1 aromatic rings. The molecule has 2 aliphatic rings. The van der Waals surface area contributed by atoms with Crippen molar-refractivity contribution in [1.29, 1.82) is 0 Å². The van der Waals surface area contributed by atoms with Gasteiger partial charge in [-0.1, -0.05) is 29.3 Å². The third-order valence-corrected chi connectivity index (χ3v) is 7.03. The molecule has 1 aliphatic heterocycles. The Morgan fingerprint density at radius 3 is 2.50 bits per heavy atom. The van der Waals surface area contributed by atoms with Crippen LogP contribution in [0.1, 0.15) is 24.8 Å². The van der Waals surface area contributed by atoms with Gasteiger partial charge >= 0.3 is 0 Å². The van der Waals surface area contributed by atoms with Crippen LogP contribution in [0.15, 0.2) is 18.2 Å². The second-order valence-corrected chi connectivity index (χ2v) is 8.75. The summed E-state index contributed by atoms with van der Waals surface area (Å²) in [4.78, 5) is 0. The van der Waals surface area contributed by atoms with Gasteiger partial charge in [0.15, 0.2) is 0 Å². The average Bonchev–Trinajstić information content (AvgIpc) is 3.27. The van der Waals surface area contributed by atoms with Gasteiger partial charge < -0.3 is 4.74 Å². The van der Waals surface area contributed by atoms with E-state index in [9.17, 15) is 8.42 Å². The van der Waals surface area contributed by atoms with Crippen molar-refractivity contribution in [3.05, 3.63) is 33.8 Å². The third-order valence-electron chi connectivity index (χ3n) is 4.24. The molecule has 122 valence electrons. The molecule has 22 heavy (non-hydrogen) atoms. The van der Waals surface area contributed by atoms with Crippen molar-refractivity contribution in [2.45, 2.75) is 37.0 Å². The number of hydrogen-bond donors (Lipinski definition) is 1. The number of halogens is 2. The van der Waals surface area contributed by atoms with Crippen molar-refractivity contribution in [2.75, 3.05) is 13.2 Å². The Morgan fingerprint density at radius 2 is 1.86 bits per heavy atom. The zero-order valence-corrected chi connectivity index (χ0v) is 14.4. The molecule has 1 heterocycles. The van der Waals surface area contributed by atoms with Crippen LogP contribution in [0.4, 0.5) is 0 Å². The Bertz CT molecular complexity index is 626. The van der Waals surface area contributed by atoms with Crippen LogP contribution in [0, 0.1) is 5.92 Å². The Balaban J connectivity index is 1.80. The molecule has 2 fully saturated rings. The largest absolute Gasteiger partial charge is 0.381 e. The molecule has 1 saturated heterocycles. The molecule has 7 heteroatoms. The normalized spacial score (nSPS) is 26.1. The fourth-order valence-corrected chi connectivity index (χ4v) is 5.40. The summed E-state index contributed by atoms with van der Waals surface area (Å²) in [5.41, 5.74) is 0.799. The molecule has 1 saturated carbocycles. The summed E-state index contributed by atoms with van der Waals surface area (Å²) in [6, 6.07) is 5.46. The minimum Gasteiger partial charge on any atom is -0.381 e. The van der Waals surface area contributed by atoms with Crippen LogP contribution in [0.3, 0.4) is 0 Å². The zero-order valence-electron chi connectivity index (χ0n) is 12.1. The van der Waals surface area contributed by atoms with E-state index in [0.717, 1.165) is 18.4 Å². The van der Waals surface area contributed by atoms with Crippen molar-refractivity contribution in [3.63, 3.8) is 0 Å². The van der Waals surface area contributed by atoms with Gasteiger partial charge in [-0.25, -0.2) is 13.1 Å². The van der Waals surface area contributed by atoms with Gasteiger partial charge in [-0.05, 0) is 43.4 Å². The fourth-order valence-electron chi connectivity index (χ4n) is 2.89. The molecule has 1 aromatic carbocycles. The van der Waals surface area contributed by atoms with E-state index in [0.29, 0.717) is 36.1 Å². The maximum atomic E-state index is 12.6. The van der Waals surface area contributed by atoms with Crippen LogP contribution in [-0.2, 0) is 21.2 Å². The Labute approximate surface area is 141 Å². The smallest absolute Gasteiger partial charge is 0.215 e. The van der Waals surface area contributed by atoms with Crippen LogP contribution in [0.2, 0.25) is 10.0 Å². The van der Waals surface area contributed by atoms with Gasteiger partial charge in [0.1, 0.15) is 0 Å². The van der Waals surface area contributed by atoms with Gasteiger partial charge in [-0.3, -0.25) is 0 Å². The maximum absolute atomic E-state index is 12.6. The van der Waals surface area contributed by atoms with E-state index >= 15 is 0 Å². The molecular weight excluding hydrogens is 345 g/mol. The molecular formula is C15H19Cl2NO3S. The van der Waals surface area contributed by atoms with Crippen LogP contribution >= 0.6 is 23.2 Å². The van der Waals surface area contributed by atoms with Crippen LogP contribution in [0.5, 0.6) is 0 Å². The number of hydrogen-bond acceptors (Lipinski definition) is 3. The molecule has 0 spiro atoms. The monoisotopic (exact) mass is 363 g/mol. The van der Waals surface area contributed by atoms with E-state index in [1.807, 2.05) is 0 Å². The number of benzene rings is 1. The van der Waals surface area contributed by atoms with Crippen molar-refractivity contribution in [3.8, 4) is 0 Å². The van der Waals surface area contributed by atoms with Crippen LogP contribution in [-0.4, -0.2) is 32.9 Å². The average molecular weight is 364 g/mol. The second-order valence-electron chi connectivity index (χ2n) is 6.00. The SMILES string of the molecule is O=S(=O)(NC1CC1)C1CCOCC1Cc1c(Cl)cccc1Cl. The second kappa shape index (κ2) is 6.65. The molecule has 2 atom stereocenters. The number of rotatable bonds is 5. The highest BCUT2D eigenvalue weighted by molar-refractivity contribution is 7.90. The highest BCUT2D eigenvalue weighted by atomic mass is 35.5. The summed E-state index contributed by atoms with van der Waals surface area (Å²) < 4.78 is 33.4. The first kappa shape index (κ1) is 16.5. The maximum Gasteiger partial charge on any atom is 0.215 e. The van der Waals surface area contributed by atoms with Gasteiger partial charge in [-0.15, -0.1) is 0 Å². The van der Waals surface area contributed by atoms with Gasteiger partial charge in [-0.2, -0.15) is 0 Å². The Kier molecular flexibility index (Phi) is 5.00. The predicted octanol–water partition coefficient (Wildman–Crippen LogP) is 3.02. The quantitative estimate of drug-likeness (QED) is 0.874. The Morgan fingerprint density at radius 1 is 1.18 bits per heavy atom. The van der Waals surface area contributed by atoms with Crippen LogP contribution < -0.4 is 4.72 Å². The van der Waals surface area contributed by atoms with E-state index < -0.39 is 15.3 Å². The standard InChI is InChI=1S/C15H19Cl2NO3S/c16-13-2-1-3-14(17)12(13)8-10-9-21-7-6-15(10)22(19,20)18-11-4-5-11/h1-3,10-11,15,18H,4-9H2. The topological polar surface area (TPSA) is 55.4 Å². The van der Waals surface area contributed by atoms with Gasteiger partial charge in [0.05, 0.1) is 11.9 Å². The van der Waals surface area contributed by atoms with Gasteiger partial charge in [0.2, 0.25) is 10.0 Å². The minimum atomic E-state index is -3.33. The summed E-state index contributed by atoms with van der Waals surface area (Å²) in [6.07, 6.45) is 2.89. The first-order valence-corrected chi connectivity index (χ1v) is 9.79. The van der Waals surface area contributed by atoms with E-state index in [1.54, 1.807) is 18.2 Å². The van der Waals surface area contributed by atoms with Crippen molar-refractivity contribution in [2.24, 2.45) is 5.92 Å². The molecule has 0 radical (unpaired) electrons. The molecule has 1 N–H and O–H groups in total. The van der Waals surface area contributed by atoms with Gasteiger partial charge in [0.25, 0.3) is 0 Å². The minimum absolute atomic E-state index is 0.123.